The molecule has 2 rings (SSSR count). The van der Waals surface area contributed by atoms with Crippen molar-refractivity contribution >= 4 is 33.3 Å². The van der Waals surface area contributed by atoms with Crippen molar-refractivity contribution in [1.82, 2.24) is 9.97 Å². The van der Waals surface area contributed by atoms with Gasteiger partial charge in [-0.25, -0.2) is 15.8 Å². The first-order valence-corrected chi connectivity index (χ1v) is 5.63. The largest absolute Gasteiger partial charge is 0.308 e. The molecule has 0 aliphatic carbocycles. The molecule has 0 bridgehead atoms. The Kier molecular flexibility index (Phi) is 3.38. The van der Waals surface area contributed by atoms with Gasteiger partial charge in [0.1, 0.15) is 5.82 Å². The van der Waals surface area contributed by atoms with Crippen LogP contribution in [0.2, 0.25) is 5.02 Å². The number of benzene rings is 1. The summed E-state index contributed by atoms with van der Waals surface area (Å²) in [5.74, 6) is 6.40. The molecule has 0 aliphatic rings. The molecule has 3 N–H and O–H groups in total. The molecule has 0 radical (unpaired) electrons. The van der Waals surface area contributed by atoms with Crippen molar-refractivity contribution in [3.8, 4) is 11.4 Å². The van der Waals surface area contributed by atoms with E-state index >= 15 is 0 Å². The minimum atomic E-state index is 0.553. The summed E-state index contributed by atoms with van der Waals surface area (Å²) in [6.07, 6.45) is 1.63. The monoisotopic (exact) mass is 298 g/mol. The Morgan fingerprint density at radius 3 is 2.88 bits per heavy atom. The summed E-state index contributed by atoms with van der Waals surface area (Å²) < 4.78 is 0.881. The van der Waals surface area contributed by atoms with E-state index in [0.717, 1.165) is 10.0 Å². The van der Waals surface area contributed by atoms with Crippen LogP contribution in [0, 0.1) is 0 Å². The van der Waals surface area contributed by atoms with Gasteiger partial charge in [-0.15, -0.1) is 0 Å². The van der Waals surface area contributed by atoms with Crippen molar-refractivity contribution in [3.63, 3.8) is 0 Å². The highest BCUT2D eigenvalue weighted by molar-refractivity contribution is 9.10. The fourth-order valence-corrected chi connectivity index (χ4v) is 1.83. The molecule has 6 heteroatoms. The molecule has 16 heavy (non-hydrogen) atoms. The highest BCUT2D eigenvalue weighted by atomic mass is 79.9. The summed E-state index contributed by atoms with van der Waals surface area (Å²) in [7, 11) is 0. The molecule has 0 unspecified atom stereocenters. The second-order valence-corrected chi connectivity index (χ2v) is 4.32. The van der Waals surface area contributed by atoms with Crippen molar-refractivity contribution in [2.75, 3.05) is 5.43 Å². The molecule has 1 aromatic heterocycles. The van der Waals surface area contributed by atoms with E-state index in [1.54, 1.807) is 24.4 Å². The number of anilines is 1. The molecule has 0 atom stereocenters. The van der Waals surface area contributed by atoms with Crippen LogP contribution in [0.15, 0.2) is 34.9 Å². The summed E-state index contributed by atoms with van der Waals surface area (Å²) in [6, 6.07) is 7.12. The first kappa shape index (κ1) is 11.3. The van der Waals surface area contributed by atoms with Crippen LogP contribution in [0.3, 0.4) is 0 Å². The van der Waals surface area contributed by atoms with E-state index in [4.69, 9.17) is 17.4 Å². The van der Waals surface area contributed by atoms with E-state index in [0.29, 0.717) is 16.7 Å². The minimum absolute atomic E-state index is 0.553. The lowest BCUT2D eigenvalue weighted by Crippen LogP contribution is -2.09. The third kappa shape index (κ3) is 2.32. The topological polar surface area (TPSA) is 63.8 Å². The van der Waals surface area contributed by atoms with Gasteiger partial charge in [-0.3, -0.25) is 0 Å². The van der Waals surface area contributed by atoms with Crippen LogP contribution in [-0.4, -0.2) is 9.97 Å². The van der Waals surface area contributed by atoms with Crippen LogP contribution in [-0.2, 0) is 0 Å². The van der Waals surface area contributed by atoms with Crippen molar-refractivity contribution < 1.29 is 0 Å². The summed E-state index contributed by atoms with van der Waals surface area (Å²) in [5, 5.41) is 0.632. The van der Waals surface area contributed by atoms with Gasteiger partial charge >= 0.3 is 0 Å². The zero-order valence-electron chi connectivity index (χ0n) is 8.11. The maximum Gasteiger partial charge on any atom is 0.162 e. The van der Waals surface area contributed by atoms with Crippen LogP contribution in [0.5, 0.6) is 0 Å². The lowest BCUT2D eigenvalue weighted by Gasteiger charge is -2.05. The molecular weight excluding hydrogens is 291 g/mol. The third-order valence-corrected chi connectivity index (χ3v) is 2.90. The van der Waals surface area contributed by atoms with E-state index < -0.39 is 0 Å². The Morgan fingerprint density at radius 1 is 1.31 bits per heavy atom. The van der Waals surface area contributed by atoms with E-state index in [9.17, 15) is 0 Å². The predicted molar refractivity (Wildman–Crippen MR) is 68.0 cm³/mol. The van der Waals surface area contributed by atoms with Crippen molar-refractivity contribution in [1.29, 1.82) is 0 Å². The number of nitrogens with two attached hydrogens (primary N) is 1. The molecule has 4 nitrogen and oxygen atoms in total. The third-order valence-electron chi connectivity index (χ3n) is 1.97. The first-order chi connectivity index (χ1) is 7.70. The maximum absolute atomic E-state index is 5.92. The summed E-state index contributed by atoms with van der Waals surface area (Å²) >= 11 is 9.35. The number of rotatable bonds is 2. The Labute approximate surface area is 106 Å². The molecule has 0 saturated heterocycles. The van der Waals surface area contributed by atoms with Crippen LogP contribution in [0.25, 0.3) is 11.4 Å². The van der Waals surface area contributed by atoms with Gasteiger partial charge in [-0.1, -0.05) is 27.5 Å². The number of nitrogens with zero attached hydrogens (tertiary/aromatic N) is 2. The van der Waals surface area contributed by atoms with Gasteiger partial charge in [0.15, 0.2) is 5.82 Å². The number of halogens is 2. The number of hydrazine groups is 1. The molecular formula is C10H8BrClN4. The highest BCUT2D eigenvalue weighted by Crippen LogP contribution is 2.28. The number of aromatic nitrogens is 2. The Hall–Kier alpha value is -1.17. The molecule has 2 aromatic rings. The Balaban J connectivity index is 2.53. The second-order valence-electron chi connectivity index (χ2n) is 3.03. The average Bonchev–Trinajstić information content (AvgIpc) is 2.32. The zero-order chi connectivity index (χ0) is 11.5. The van der Waals surface area contributed by atoms with Crippen molar-refractivity contribution in [3.05, 3.63) is 40.0 Å². The van der Waals surface area contributed by atoms with Crippen LogP contribution < -0.4 is 11.3 Å². The van der Waals surface area contributed by atoms with Gasteiger partial charge in [-0.05, 0) is 18.2 Å². The van der Waals surface area contributed by atoms with Gasteiger partial charge in [0.05, 0.1) is 0 Å². The predicted octanol–water partition coefficient (Wildman–Crippen LogP) is 2.85. The summed E-state index contributed by atoms with van der Waals surface area (Å²) in [4.78, 5) is 8.39. The van der Waals surface area contributed by atoms with Gasteiger partial charge in [-0.2, -0.15) is 0 Å². The smallest absolute Gasteiger partial charge is 0.162 e. The van der Waals surface area contributed by atoms with E-state index in [2.05, 4.69) is 31.3 Å². The highest BCUT2D eigenvalue weighted by Gasteiger charge is 2.07. The van der Waals surface area contributed by atoms with Gasteiger partial charge in [0.2, 0.25) is 0 Å². The Bertz CT molecular complexity index is 518. The van der Waals surface area contributed by atoms with Crippen LogP contribution in [0.1, 0.15) is 0 Å². The van der Waals surface area contributed by atoms with E-state index in [1.165, 1.54) is 0 Å². The minimum Gasteiger partial charge on any atom is -0.308 e. The standard InChI is InChI=1S/C10H8BrClN4/c11-8-2-1-6(12)5-7(8)10-14-4-3-9(15-10)16-13/h1-5H,13H2,(H,14,15,16). The fraction of sp³-hybridized carbons (Fsp3) is 0. The quantitative estimate of drug-likeness (QED) is 0.661. The van der Waals surface area contributed by atoms with Gasteiger partial charge < -0.3 is 5.43 Å². The SMILES string of the molecule is NNc1ccnc(-c2cc(Cl)ccc2Br)n1. The van der Waals surface area contributed by atoms with E-state index in [1.807, 2.05) is 6.07 Å². The average molecular weight is 300 g/mol. The molecule has 0 fully saturated rings. The van der Waals surface area contributed by atoms with Crippen molar-refractivity contribution in [2.45, 2.75) is 0 Å². The second kappa shape index (κ2) is 4.78. The van der Waals surface area contributed by atoms with Gasteiger partial charge in [0, 0.05) is 27.3 Å². The Morgan fingerprint density at radius 2 is 2.12 bits per heavy atom. The fourth-order valence-electron chi connectivity index (χ4n) is 1.24. The zero-order valence-corrected chi connectivity index (χ0v) is 10.5. The summed E-state index contributed by atoms with van der Waals surface area (Å²) in [5.41, 5.74) is 3.30. The number of nitrogens with one attached hydrogen (secondary N) is 1. The lowest BCUT2D eigenvalue weighted by molar-refractivity contribution is 1.14. The molecule has 0 amide bonds. The first-order valence-electron chi connectivity index (χ1n) is 4.46. The van der Waals surface area contributed by atoms with Crippen LogP contribution >= 0.6 is 27.5 Å². The lowest BCUT2D eigenvalue weighted by atomic mass is 10.2. The number of hydrogen-bond donors (Lipinski definition) is 2. The molecule has 0 spiro atoms. The molecule has 0 saturated carbocycles. The van der Waals surface area contributed by atoms with Gasteiger partial charge in [0.25, 0.3) is 0 Å². The molecule has 1 aromatic carbocycles. The molecule has 82 valence electrons. The molecule has 0 aliphatic heterocycles. The maximum atomic E-state index is 5.92. The number of nitrogen functional groups attached to an aromatic ring is 1. The van der Waals surface area contributed by atoms with Crippen LogP contribution in [0.4, 0.5) is 5.82 Å². The molecule has 1 heterocycles. The number of hydrogen-bond acceptors (Lipinski definition) is 4. The summed E-state index contributed by atoms with van der Waals surface area (Å²) in [6.45, 7) is 0. The van der Waals surface area contributed by atoms with E-state index in [-0.39, 0.29) is 0 Å². The van der Waals surface area contributed by atoms with Crippen molar-refractivity contribution in [2.24, 2.45) is 5.84 Å². The normalized spacial score (nSPS) is 10.2.